The fourth-order valence-corrected chi connectivity index (χ4v) is 3.71. The van der Waals surface area contributed by atoms with Gasteiger partial charge in [-0.25, -0.2) is 14.4 Å². The third kappa shape index (κ3) is 3.21. The van der Waals surface area contributed by atoms with Gasteiger partial charge >= 0.3 is 0 Å². The summed E-state index contributed by atoms with van der Waals surface area (Å²) in [4.78, 5) is 18.0. The Bertz CT molecular complexity index is 1030. The molecule has 0 saturated heterocycles. The molecule has 1 amide bonds. The molecule has 1 aromatic heterocycles. The third-order valence-electron chi connectivity index (χ3n) is 4.54. The van der Waals surface area contributed by atoms with Crippen molar-refractivity contribution in [3.63, 3.8) is 0 Å². The highest BCUT2D eigenvalue weighted by Gasteiger charge is 2.36. The monoisotopic (exact) mass is 381 g/mol. The molecule has 0 radical (unpaired) electrons. The molecule has 27 heavy (non-hydrogen) atoms. The van der Waals surface area contributed by atoms with Crippen molar-refractivity contribution in [3.05, 3.63) is 81.6 Å². The van der Waals surface area contributed by atoms with Gasteiger partial charge in [-0.3, -0.25) is 4.79 Å². The molecule has 1 aliphatic rings. The van der Waals surface area contributed by atoms with Crippen LogP contribution in [0.5, 0.6) is 5.75 Å². The van der Waals surface area contributed by atoms with E-state index in [2.05, 4.69) is 10.1 Å². The molecule has 136 valence electrons. The Morgan fingerprint density at radius 1 is 1.22 bits per heavy atom. The number of carbonyl (C=O) groups excluding carboxylic acids is 1. The summed E-state index contributed by atoms with van der Waals surface area (Å²) in [6.07, 6.45) is 0.415. The molecule has 0 fully saturated rings. The van der Waals surface area contributed by atoms with Gasteiger partial charge in [0.1, 0.15) is 17.3 Å². The number of aromatic hydroxyl groups is 1. The van der Waals surface area contributed by atoms with Crippen LogP contribution in [0.2, 0.25) is 0 Å². The Morgan fingerprint density at radius 2 is 1.96 bits per heavy atom. The van der Waals surface area contributed by atoms with Gasteiger partial charge in [0.25, 0.3) is 5.91 Å². The SMILES string of the molecule is Cc1scnc1C(=O)N1N=C(c2ccc(F)cc2)C[C@@H]1c1ccccc1O. The predicted octanol–water partition coefficient (Wildman–Crippen LogP) is 4.29. The lowest BCUT2D eigenvalue weighted by atomic mass is 9.97. The van der Waals surface area contributed by atoms with Gasteiger partial charge in [-0.15, -0.1) is 11.3 Å². The molecule has 0 aliphatic carbocycles. The number of nitrogens with zero attached hydrogens (tertiary/aromatic N) is 3. The van der Waals surface area contributed by atoms with Gasteiger partial charge in [0.05, 0.1) is 17.3 Å². The Kier molecular flexibility index (Phi) is 4.45. The summed E-state index contributed by atoms with van der Waals surface area (Å²) < 4.78 is 13.3. The highest BCUT2D eigenvalue weighted by molar-refractivity contribution is 7.09. The van der Waals surface area contributed by atoms with Crippen LogP contribution in [0.4, 0.5) is 4.39 Å². The first-order valence-corrected chi connectivity index (χ1v) is 9.27. The molecule has 2 aromatic carbocycles. The first-order valence-electron chi connectivity index (χ1n) is 8.39. The molecule has 0 saturated carbocycles. The maximum Gasteiger partial charge on any atom is 0.294 e. The van der Waals surface area contributed by atoms with Gasteiger partial charge in [0.15, 0.2) is 0 Å². The Morgan fingerprint density at radius 3 is 2.63 bits per heavy atom. The van der Waals surface area contributed by atoms with Gasteiger partial charge in [0, 0.05) is 16.9 Å². The average Bonchev–Trinajstić information content (AvgIpc) is 3.29. The van der Waals surface area contributed by atoms with Crippen molar-refractivity contribution in [2.75, 3.05) is 0 Å². The van der Waals surface area contributed by atoms with E-state index >= 15 is 0 Å². The number of benzene rings is 2. The van der Waals surface area contributed by atoms with Crippen LogP contribution in [-0.2, 0) is 0 Å². The number of para-hydroxylation sites is 1. The van der Waals surface area contributed by atoms with Gasteiger partial charge in [-0.2, -0.15) is 5.10 Å². The minimum absolute atomic E-state index is 0.103. The third-order valence-corrected chi connectivity index (χ3v) is 5.30. The number of aryl methyl sites for hydroxylation is 1. The molecule has 2 heterocycles. The van der Waals surface area contributed by atoms with E-state index in [4.69, 9.17) is 0 Å². The van der Waals surface area contributed by atoms with Crippen molar-refractivity contribution in [1.82, 2.24) is 9.99 Å². The molecule has 1 N–H and O–H groups in total. The second kappa shape index (κ2) is 6.92. The summed E-state index contributed by atoms with van der Waals surface area (Å²) in [6, 6.07) is 12.4. The fraction of sp³-hybridized carbons (Fsp3) is 0.150. The van der Waals surface area contributed by atoms with E-state index < -0.39 is 6.04 Å². The standard InChI is InChI=1S/C20H16FN3O2S/c1-12-19(22-11-27-12)20(26)24-17(15-4-2-3-5-18(15)25)10-16(23-24)13-6-8-14(21)9-7-13/h2-9,11,17,25H,10H2,1H3/t17-/m1/s1. The van der Waals surface area contributed by atoms with E-state index in [1.807, 2.05) is 13.0 Å². The Labute approximate surface area is 159 Å². The number of hydrogen-bond acceptors (Lipinski definition) is 5. The van der Waals surface area contributed by atoms with Crippen molar-refractivity contribution in [3.8, 4) is 5.75 Å². The minimum atomic E-state index is -0.458. The minimum Gasteiger partial charge on any atom is -0.508 e. The Balaban J connectivity index is 1.76. The molecule has 1 atom stereocenters. The topological polar surface area (TPSA) is 65.8 Å². The zero-order chi connectivity index (χ0) is 19.0. The van der Waals surface area contributed by atoms with Gasteiger partial charge < -0.3 is 5.11 Å². The van der Waals surface area contributed by atoms with Crippen LogP contribution in [0.15, 0.2) is 59.1 Å². The number of aromatic nitrogens is 1. The van der Waals surface area contributed by atoms with Crippen LogP contribution >= 0.6 is 11.3 Å². The van der Waals surface area contributed by atoms with Crippen LogP contribution in [0.3, 0.4) is 0 Å². The van der Waals surface area contributed by atoms with Gasteiger partial charge in [-0.1, -0.05) is 30.3 Å². The summed E-state index contributed by atoms with van der Waals surface area (Å²) in [7, 11) is 0. The second-order valence-corrected chi connectivity index (χ2v) is 7.30. The van der Waals surface area contributed by atoms with Crippen molar-refractivity contribution in [1.29, 1.82) is 0 Å². The van der Waals surface area contributed by atoms with Crippen LogP contribution in [0.1, 0.15) is 39.0 Å². The smallest absolute Gasteiger partial charge is 0.294 e. The van der Waals surface area contributed by atoms with Crippen LogP contribution in [0.25, 0.3) is 0 Å². The van der Waals surface area contributed by atoms with E-state index in [1.165, 1.54) is 28.5 Å². The van der Waals surface area contributed by atoms with Gasteiger partial charge in [-0.05, 0) is 30.7 Å². The highest BCUT2D eigenvalue weighted by Crippen LogP contribution is 2.38. The quantitative estimate of drug-likeness (QED) is 0.736. The molecule has 4 rings (SSSR count). The van der Waals surface area contributed by atoms with Crippen molar-refractivity contribution >= 4 is 23.0 Å². The van der Waals surface area contributed by atoms with Gasteiger partial charge in [0.2, 0.25) is 0 Å². The lowest BCUT2D eigenvalue weighted by Crippen LogP contribution is -2.27. The maximum absolute atomic E-state index is 13.3. The summed E-state index contributed by atoms with van der Waals surface area (Å²) >= 11 is 1.39. The molecule has 7 heteroatoms. The average molecular weight is 381 g/mol. The number of hydrogen-bond donors (Lipinski definition) is 1. The first-order chi connectivity index (χ1) is 13.0. The number of amides is 1. The lowest BCUT2D eigenvalue weighted by molar-refractivity contribution is 0.0703. The van der Waals surface area contributed by atoms with Crippen LogP contribution in [0, 0.1) is 12.7 Å². The number of hydrazone groups is 1. The number of thiazole rings is 1. The number of halogens is 1. The fourth-order valence-electron chi connectivity index (χ4n) is 3.15. The summed E-state index contributed by atoms with van der Waals surface area (Å²) in [5, 5.41) is 16.2. The highest BCUT2D eigenvalue weighted by atomic mass is 32.1. The van der Waals surface area contributed by atoms with Crippen LogP contribution in [-0.4, -0.2) is 26.7 Å². The normalized spacial score (nSPS) is 16.4. The zero-order valence-corrected chi connectivity index (χ0v) is 15.3. The predicted molar refractivity (Wildman–Crippen MR) is 101 cm³/mol. The van der Waals surface area contributed by atoms with E-state index in [0.717, 1.165) is 10.4 Å². The molecular weight excluding hydrogens is 365 g/mol. The zero-order valence-electron chi connectivity index (χ0n) is 14.5. The lowest BCUT2D eigenvalue weighted by Gasteiger charge is -2.22. The molecule has 0 unspecified atom stereocenters. The largest absolute Gasteiger partial charge is 0.508 e. The Hall–Kier alpha value is -3.06. The molecule has 5 nitrogen and oxygen atoms in total. The number of phenolic OH excluding ortho intramolecular Hbond substituents is 1. The number of phenols is 1. The first kappa shape index (κ1) is 17.4. The maximum atomic E-state index is 13.3. The van der Waals surface area contributed by atoms with Crippen molar-refractivity contribution in [2.24, 2.45) is 5.10 Å². The molecule has 1 aliphatic heterocycles. The van der Waals surface area contributed by atoms with E-state index in [-0.39, 0.29) is 17.5 Å². The number of carbonyl (C=O) groups is 1. The molecule has 3 aromatic rings. The van der Waals surface area contributed by atoms with E-state index in [9.17, 15) is 14.3 Å². The van der Waals surface area contributed by atoms with E-state index in [0.29, 0.717) is 23.4 Å². The van der Waals surface area contributed by atoms with Crippen molar-refractivity contribution < 1.29 is 14.3 Å². The van der Waals surface area contributed by atoms with Crippen LogP contribution < -0.4 is 0 Å². The number of rotatable bonds is 3. The summed E-state index contributed by atoms with van der Waals surface area (Å²) in [6.45, 7) is 1.83. The molecule has 0 bridgehead atoms. The summed E-state index contributed by atoms with van der Waals surface area (Å²) in [5.74, 6) is -0.550. The second-order valence-electron chi connectivity index (χ2n) is 6.24. The molecular formula is C20H16FN3O2S. The van der Waals surface area contributed by atoms with Crippen molar-refractivity contribution in [2.45, 2.75) is 19.4 Å². The summed E-state index contributed by atoms with van der Waals surface area (Å²) in [5.41, 5.74) is 3.98. The molecule has 0 spiro atoms. The van der Waals surface area contributed by atoms with E-state index in [1.54, 1.807) is 35.8 Å².